The number of ether oxygens (including phenoxy) is 1. The number of nitrogens with two attached hydrogens (primary N) is 2. The molecule has 8 heteroatoms. The van der Waals surface area contributed by atoms with Crippen molar-refractivity contribution >= 4 is 30.1 Å². The van der Waals surface area contributed by atoms with E-state index in [4.69, 9.17) is 16.2 Å². The van der Waals surface area contributed by atoms with E-state index in [1.165, 1.54) is 12.8 Å². The molecule has 0 bridgehead atoms. The third kappa shape index (κ3) is 6.55. The Morgan fingerprint density at radius 1 is 1.15 bits per heavy atom. The molecule has 2 aromatic rings. The van der Waals surface area contributed by atoms with Crippen molar-refractivity contribution in [2.24, 2.45) is 0 Å². The van der Waals surface area contributed by atoms with Crippen LogP contribution in [0.3, 0.4) is 0 Å². The molecule has 2 aromatic heterocycles. The number of pyridine rings is 1. The number of nitrogens with zero attached hydrogens (tertiary/aromatic N) is 4. The van der Waals surface area contributed by atoms with Gasteiger partial charge in [-0.3, -0.25) is 0 Å². The minimum atomic E-state index is 0.253. The summed E-state index contributed by atoms with van der Waals surface area (Å²) in [6.45, 7) is 8.25. The lowest BCUT2D eigenvalue weighted by Crippen LogP contribution is -2.44. The van der Waals surface area contributed by atoms with Crippen LogP contribution in [0.5, 0.6) is 0 Å². The largest absolute Gasteiger partial charge is 0.384 e. The van der Waals surface area contributed by atoms with Crippen molar-refractivity contribution in [3.05, 3.63) is 24.4 Å². The van der Waals surface area contributed by atoms with Gasteiger partial charge in [0.1, 0.15) is 17.5 Å². The normalized spacial score (nSPS) is 18.7. The van der Waals surface area contributed by atoms with E-state index in [-0.39, 0.29) is 6.04 Å². The van der Waals surface area contributed by atoms with Gasteiger partial charge < -0.3 is 21.1 Å². The summed E-state index contributed by atoms with van der Waals surface area (Å²) in [5.74, 6) is 2.23. The van der Waals surface area contributed by atoms with Crippen molar-refractivity contribution in [1.82, 2.24) is 15.0 Å². The highest BCUT2D eigenvalue weighted by Crippen LogP contribution is 2.25. The fraction of sp³-hybridized carbons (Fsp3) is 0.526. The Kier molecular flexibility index (Phi) is 8.12. The highest BCUT2D eigenvalue weighted by Gasteiger charge is 2.21. The first-order chi connectivity index (χ1) is 13.0. The van der Waals surface area contributed by atoms with Crippen LogP contribution >= 0.6 is 12.6 Å². The maximum atomic E-state index is 5.93. The number of thiol groups is 1. The summed E-state index contributed by atoms with van der Waals surface area (Å²) >= 11 is 4.08. The summed E-state index contributed by atoms with van der Waals surface area (Å²) in [4.78, 5) is 15.1. The standard InChI is InChI=1S/C14H18N6O.C3H6S.C2H6/c1-9-8-21-5-4-20(9)13-7-12(16)18-14(19-13)10-2-3-17-11(15)6-10;4-3-1-2-3;1-2/h2-3,6-7,9H,4-5,8H2,1H3,(H2,15,17)(H2,16,18,19);3-4H,1-2H2;1-2H3. The van der Waals surface area contributed by atoms with E-state index in [2.05, 4.69) is 39.4 Å². The molecular weight excluding hydrogens is 360 g/mol. The van der Waals surface area contributed by atoms with Gasteiger partial charge in [0.15, 0.2) is 5.82 Å². The van der Waals surface area contributed by atoms with Crippen molar-refractivity contribution in [1.29, 1.82) is 0 Å². The molecule has 4 N–H and O–H groups in total. The van der Waals surface area contributed by atoms with Crippen LogP contribution in [0.2, 0.25) is 0 Å². The number of morpholine rings is 1. The molecule has 3 heterocycles. The fourth-order valence-corrected chi connectivity index (χ4v) is 2.61. The maximum Gasteiger partial charge on any atom is 0.164 e. The molecule has 7 nitrogen and oxygen atoms in total. The van der Waals surface area contributed by atoms with Crippen molar-refractivity contribution in [2.75, 3.05) is 36.1 Å². The Hall–Kier alpha value is -2.06. The fourth-order valence-electron chi connectivity index (χ4n) is 2.46. The number of hydrogen-bond acceptors (Lipinski definition) is 8. The summed E-state index contributed by atoms with van der Waals surface area (Å²) in [6, 6.07) is 5.60. The Bertz CT molecular complexity index is 725. The number of aromatic nitrogens is 3. The zero-order chi connectivity index (χ0) is 19.8. The van der Waals surface area contributed by atoms with Crippen LogP contribution in [0.25, 0.3) is 11.4 Å². The Morgan fingerprint density at radius 2 is 1.85 bits per heavy atom. The molecule has 1 saturated heterocycles. The second kappa shape index (κ2) is 10.3. The van der Waals surface area contributed by atoms with Crippen LogP contribution in [0.15, 0.2) is 24.4 Å². The van der Waals surface area contributed by atoms with Crippen LogP contribution < -0.4 is 16.4 Å². The van der Waals surface area contributed by atoms with Gasteiger partial charge in [0, 0.05) is 29.6 Å². The molecule has 0 radical (unpaired) electrons. The van der Waals surface area contributed by atoms with Crippen LogP contribution in [-0.4, -0.2) is 46.0 Å². The SMILES string of the molecule is CC.CC1COCCN1c1cc(N)nc(-c2ccnc(N)c2)n1.SC1CC1. The molecule has 148 valence electrons. The van der Waals surface area contributed by atoms with Crippen molar-refractivity contribution in [3.63, 3.8) is 0 Å². The minimum Gasteiger partial charge on any atom is -0.384 e. The summed E-state index contributed by atoms with van der Waals surface area (Å²) in [5.41, 5.74) is 12.4. The molecule has 1 saturated carbocycles. The monoisotopic (exact) mass is 390 g/mol. The molecule has 1 unspecified atom stereocenters. The molecule has 0 spiro atoms. The number of anilines is 3. The Balaban J connectivity index is 0.000000378. The molecule has 2 fully saturated rings. The molecule has 2 aliphatic rings. The second-order valence-electron chi connectivity index (χ2n) is 6.29. The van der Waals surface area contributed by atoms with Gasteiger partial charge in [-0.2, -0.15) is 12.6 Å². The van der Waals surface area contributed by atoms with E-state index in [1.807, 2.05) is 19.9 Å². The lowest BCUT2D eigenvalue weighted by molar-refractivity contribution is 0.0985. The Labute approximate surface area is 167 Å². The average molecular weight is 391 g/mol. The summed E-state index contributed by atoms with van der Waals surface area (Å²) in [5, 5.41) is 0.778. The van der Waals surface area contributed by atoms with E-state index >= 15 is 0 Å². The average Bonchev–Trinajstić information content (AvgIpc) is 3.46. The van der Waals surface area contributed by atoms with E-state index in [1.54, 1.807) is 18.3 Å². The lowest BCUT2D eigenvalue weighted by atomic mass is 10.2. The lowest BCUT2D eigenvalue weighted by Gasteiger charge is -2.34. The minimum absolute atomic E-state index is 0.253. The van der Waals surface area contributed by atoms with Gasteiger partial charge in [-0.15, -0.1) is 0 Å². The van der Waals surface area contributed by atoms with Crippen LogP contribution in [0.1, 0.15) is 33.6 Å². The first-order valence-electron chi connectivity index (χ1n) is 9.42. The van der Waals surface area contributed by atoms with Crippen molar-refractivity contribution in [2.45, 2.75) is 44.9 Å². The quantitative estimate of drug-likeness (QED) is 0.677. The van der Waals surface area contributed by atoms with Crippen LogP contribution in [0.4, 0.5) is 17.5 Å². The highest BCUT2D eigenvalue weighted by molar-refractivity contribution is 7.81. The van der Waals surface area contributed by atoms with Gasteiger partial charge in [0.2, 0.25) is 0 Å². The predicted molar refractivity (Wildman–Crippen MR) is 115 cm³/mol. The highest BCUT2D eigenvalue weighted by atomic mass is 32.1. The van der Waals surface area contributed by atoms with Crippen LogP contribution in [0, 0.1) is 0 Å². The molecule has 1 aliphatic heterocycles. The van der Waals surface area contributed by atoms with Crippen molar-refractivity contribution < 1.29 is 4.74 Å². The third-order valence-corrected chi connectivity index (χ3v) is 4.50. The molecule has 0 aromatic carbocycles. The van der Waals surface area contributed by atoms with Crippen LogP contribution in [-0.2, 0) is 4.74 Å². The van der Waals surface area contributed by atoms with Gasteiger partial charge in [-0.05, 0) is 31.9 Å². The topological polar surface area (TPSA) is 103 Å². The van der Waals surface area contributed by atoms with Gasteiger partial charge in [0.05, 0.1) is 19.3 Å². The smallest absolute Gasteiger partial charge is 0.164 e. The second-order valence-corrected chi connectivity index (χ2v) is 7.02. The maximum absolute atomic E-state index is 5.93. The van der Waals surface area contributed by atoms with E-state index in [0.717, 1.165) is 23.2 Å². The molecule has 4 rings (SSSR count). The zero-order valence-corrected chi connectivity index (χ0v) is 17.2. The molecular formula is C19H30N6OS. The predicted octanol–water partition coefficient (Wildman–Crippen LogP) is 3.03. The third-order valence-electron chi connectivity index (χ3n) is 3.98. The molecule has 27 heavy (non-hydrogen) atoms. The van der Waals surface area contributed by atoms with Crippen molar-refractivity contribution in [3.8, 4) is 11.4 Å². The number of hydrogen-bond donors (Lipinski definition) is 3. The first-order valence-corrected chi connectivity index (χ1v) is 9.93. The first kappa shape index (κ1) is 21.2. The van der Waals surface area contributed by atoms with Gasteiger partial charge in [-0.1, -0.05) is 13.8 Å². The summed E-state index contributed by atoms with van der Waals surface area (Å²) < 4.78 is 5.45. The number of rotatable bonds is 2. The van der Waals surface area contributed by atoms with Gasteiger partial charge in [-0.25, -0.2) is 15.0 Å². The number of nitrogen functional groups attached to an aromatic ring is 2. The molecule has 1 aliphatic carbocycles. The summed E-state index contributed by atoms with van der Waals surface area (Å²) in [7, 11) is 0. The molecule has 0 amide bonds. The van der Waals surface area contributed by atoms with E-state index in [9.17, 15) is 0 Å². The molecule has 1 atom stereocenters. The summed E-state index contributed by atoms with van der Waals surface area (Å²) in [6.07, 6.45) is 4.33. The zero-order valence-electron chi connectivity index (χ0n) is 16.3. The van der Waals surface area contributed by atoms with Gasteiger partial charge >= 0.3 is 0 Å². The van der Waals surface area contributed by atoms with E-state index < -0.39 is 0 Å². The van der Waals surface area contributed by atoms with Gasteiger partial charge in [0.25, 0.3) is 0 Å². The Morgan fingerprint density at radius 3 is 2.44 bits per heavy atom. The van der Waals surface area contributed by atoms with E-state index in [0.29, 0.717) is 30.7 Å².